The van der Waals surface area contributed by atoms with Gasteiger partial charge in [0, 0.05) is 23.2 Å². The van der Waals surface area contributed by atoms with Crippen LogP contribution in [0.25, 0.3) is 16.6 Å². The number of nitrogens with two attached hydrogens (primary N) is 1. The number of fused-ring (bicyclic) bond motifs is 1. The Hall–Kier alpha value is -2.34. The van der Waals surface area contributed by atoms with Crippen molar-refractivity contribution in [3.63, 3.8) is 0 Å². The van der Waals surface area contributed by atoms with Crippen molar-refractivity contribution in [1.82, 2.24) is 19.7 Å². The molecule has 0 saturated heterocycles. The molecular weight excluding hydrogens is 258 g/mol. The summed E-state index contributed by atoms with van der Waals surface area (Å²) in [5.74, 6) is 1.19. The minimum absolute atomic E-state index is 0.233. The van der Waals surface area contributed by atoms with E-state index >= 15 is 0 Å². The van der Waals surface area contributed by atoms with Crippen LogP contribution in [0.4, 0.5) is 0 Å². The van der Waals surface area contributed by atoms with E-state index in [4.69, 9.17) is 18.0 Å². The maximum Gasteiger partial charge on any atom is 0.173 e. The van der Waals surface area contributed by atoms with Gasteiger partial charge in [-0.15, -0.1) is 5.10 Å². The van der Waals surface area contributed by atoms with E-state index in [1.165, 1.54) is 0 Å². The molecule has 6 heteroatoms. The van der Waals surface area contributed by atoms with Gasteiger partial charge in [-0.3, -0.25) is 4.57 Å². The van der Waals surface area contributed by atoms with Crippen LogP contribution in [0.1, 0.15) is 11.5 Å². The maximum absolute atomic E-state index is 5.67. The maximum atomic E-state index is 5.67. The number of rotatable bonds is 2. The first-order valence-corrected chi connectivity index (χ1v) is 6.15. The lowest BCUT2D eigenvalue weighted by Gasteiger charge is -2.09. The van der Waals surface area contributed by atoms with Crippen LogP contribution >= 0.6 is 12.2 Å². The smallest absolute Gasteiger partial charge is 0.173 e. The first-order chi connectivity index (χ1) is 9.18. The van der Waals surface area contributed by atoms with E-state index in [-0.39, 0.29) is 4.99 Å². The highest BCUT2D eigenvalue weighted by atomic mass is 32.1. The second kappa shape index (κ2) is 4.40. The Morgan fingerprint density at radius 2 is 1.95 bits per heavy atom. The lowest BCUT2D eigenvalue weighted by Crippen LogP contribution is -2.17. The van der Waals surface area contributed by atoms with Crippen molar-refractivity contribution in [2.75, 3.05) is 0 Å². The summed E-state index contributed by atoms with van der Waals surface area (Å²) >= 11 is 5.00. The summed E-state index contributed by atoms with van der Waals surface area (Å²) < 4.78 is 1.76. The van der Waals surface area contributed by atoms with Crippen LogP contribution in [-0.4, -0.2) is 24.7 Å². The van der Waals surface area contributed by atoms with E-state index in [9.17, 15) is 0 Å². The molecule has 3 rings (SSSR count). The third kappa shape index (κ3) is 1.86. The molecule has 0 atom stereocenters. The fraction of sp³-hybridized carbons (Fsp3) is 0.0769. The highest BCUT2D eigenvalue weighted by Crippen LogP contribution is 2.22. The zero-order valence-corrected chi connectivity index (χ0v) is 11.1. The molecule has 0 saturated carbocycles. The standard InChI is InChI=1S/C13H11N5S/c1-8-9-4-2-3-5-10(9)12(17-16-8)18-7-6-15-13(18)11(14)19/h2-7H,1H3,(H2,14,19). The van der Waals surface area contributed by atoms with Gasteiger partial charge in [-0.25, -0.2) is 4.98 Å². The van der Waals surface area contributed by atoms with Gasteiger partial charge in [-0.05, 0) is 6.92 Å². The van der Waals surface area contributed by atoms with Gasteiger partial charge >= 0.3 is 0 Å². The molecule has 19 heavy (non-hydrogen) atoms. The molecule has 94 valence electrons. The van der Waals surface area contributed by atoms with Crippen molar-refractivity contribution in [1.29, 1.82) is 0 Å². The summed E-state index contributed by atoms with van der Waals surface area (Å²) in [7, 11) is 0. The number of imidazole rings is 1. The normalized spacial score (nSPS) is 10.8. The Morgan fingerprint density at radius 3 is 2.68 bits per heavy atom. The summed E-state index contributed by atoms with van der Waals surface area (Å²) in [5.41, 5.74) is 6.56. The van der Waals surface area contributed by atoms with Crippen LogP contribution in [-0.2, 0) is 0 Å². The van der Waals surface area contributed by atoms with Gasteiger partial charge in [0.05, 0.1) is 5.69 Å². The molecule has 2 N–H and O–H groups in total. The Balaban J connectivity index is 2.35. The number of nitrogens with zero attached hydrogens (tertiary/aromatic N) is 4. The molecule has 0 radical (unpaired) electrons. The van der Waals surface area contributed by atoms with Gasteiger partial charge in [0.25, 0.3) is 0 Å². The number of benzene rings is 1. The molecule has 2 aromatic heterocycles. The summed E-state index contributed by atoms with van der Waals surface area (Å²) in [4.78, 5) is 4.38. The highest BCUT2D eigenvalue weighted by molar-refractivity contribution is 7.80. The van der Waals surface area contributed by atoms with Crippen LogP contribution in [0.5, 0.6) is 0 Å². The first-order valence-electron chi connectivity index (χ1n) is 5.74. The van der Waals surface area contributed by atoms with E-state index in [1.807, 2.05) is 31.2 Å². The van der Waals surface area contributed by atoms with Gasteiger partial charge in [0.15, 0.2) is 11.6 Å². The molecule has 0 fully saturated rings. The van der Waals surface area contributed by atoms with Gasteiger partial charge < -0.3 is 5.73 Å². The molecule has 5 nitrogen and oxygen atoms in total. The van der Waals surface area contributed by atoms with Gasteiger partial charge in [-0.2, -0.15) is 5.10 Å². The quantitative estimate of drug-likeness (QED) is 0.718. The van der Waals surface area contributed by atoms with Crippen LogP contribution in [0, 0.1) is 6.92 Å². The molecule has 0 amide bonds. The average molecular weight is 269 g/mol. The lowest BCUT2D eigenvalue weighted by molar-refractivity contribution is 0.903. The molecule has 0 unspecified atom stereocenters. The molecule has 2 heterocycles. The second-order valence-electron chi connectivity index (χ2n) is 4.14. The van der Waals surface area contributed by atoms with Gasteiger partial charge in [0.1, 0.15) is 4.99 Å². The van der Waals surface area contributed by atoms with E-state index < -0.39 is 0 Å². The first kappa shape index (κ1) is 11.7. The molecule has 0 aliphatic rings. The topological polar surface area (TPSA) is 69.6 Å². The number of aromatic nitrogens is 4. The summed E-state index contributed by atoms with van der Waals surface area (Å²) in [6, 6.07) is 7.95. The van der Waals surface area contributed by atoms with Crippen molar-refractivity contribution in [3.8, 4) is 5.82 Å². The number of thiocarbonyl (C=S) groups is 1. The average Bonchev–Trinajstić information content (AvgIpc) is 2.89. The monoisotopic (exact) mass is 269 g/mol. The minimum atomic E-state index is 0.233. The van der Waals surface area contributed by atoms with Gasteiger partial charge in [-0.1, -0.05) is 36.5 Å². The molecular formula is C13H11N5S. The highest BCUT2D eigenvalue weighted by Gasteiger charge is 2.13. The lowest BCUT2D eigenvalue weighted by atomic mass is 10.1. The van der Waals surface area contributed by atoms with Crippen molar-refractivity contribution in [3.05, 3.63) is 48.2 Å². The summed E-state index contributed by atoms with van der Waals surface area (Å²) in [5, 5.41) is 10.5. The fourth-order valence-electron chi connectivity index (χ4n) is 2.06. The number of aryl methyl sites for hydroxylation is 1. The number of hydrogen-bond donors (Lipinski definition) is 1. The van der Waals surface area contributed by atoms with Crippen LogP contribution in [0.2, 0.25) is 0 Å². The van der Waals surface area contributed by atoms with E-state index in [0.717, 1.165) is 16.5 Å². The predicted octanol–water partition coefficient (Wildman–Crippen LogP) is 1.76. The van der Waals surface area contributed by atoms with Crippen LogP contribution in [0.3, 0.4) is 0 Å². The van der Waals surface area contributed by atoms with E-state index in [2.05, 4.69) is 15.2 Å². The van der Waals surface area contributed by atoms with Crippen molar-refractivity contribution in [2.24, 2.45) is 5.73 Å². The molecule has 0 aliphatic heterocycles. The molecule has 0 spiro atoms. The van der Waals surface area contributed by atoms with Crippen molar-refractivity contribution < 1.29 is 0 Å². The molecule has 1 aromatic carbocycles. The molecule has 0 aliphatic carbocycles. The third-order valence-corrected chi connectivity index (χ3v) is 3.12. The summed E-state index contributed by atoms with van der Waals surface area (Å²) in [6.45, 7) is 1.93. The zero-order chi connectivity index (χ0) is 13.4. The second-order valence-corrected chi connectivity index (χ2v) is 4.58. The molecule has 0 bridgehead atoms. The largest absolute Gasteiger partial charge is 0.387 e. The van der Waals surface area contributed by atoms with E-state index in [1.54, 1.807) is 17.0 Å². The Kier molecular flexibility index (Phi) is 2.72. The molecule has 3 aromatic rings. The SMILES string of the molecule is Cc1nnc(-n2ccnc2C(N)=S)c2ccccc12. The van der Waals surface area contributed by atoms with Crippen molar-refractivity contribution >= 4 is 28.0 Å². The Labute approximate surface area is 115 Å². The van der Waals surface area contributed by atoms with Gasteiger partial charge in [0.2, 0.25) is 0 Å². The van der Waals surface area contributed by atoms with Crippen LogP contribution < -0.4 is 5.73 Å². The van der Waals surface area contributed by atoms with E-state index in [0.29, 0.717) is 11.6 Å². The summed E-state index contributed by atoms with van der Waals surface area (Å²) in [6.07, 6.45) is 3.42. The Morgan fingerprint density at radius 1 is 1.21 bits per heavy atom. The van der Waals surface area contributed by atoms with Crippen LogP contribution in [0.15, 0.2) is 36.7 Å². The zero-order valence-electron chi connectivity index (χ0n) is 10.2. The minimum Gasteiger partial charge on any atom is -0.387 e. The fourth-order valence-corrected chi connectivity index (χ4v) is 2.21. The Bertz CT molecular complexity index is 778. The predicted molar refractivity (Wildman–Crippen MR) is 77.3 cm³/mol. The third-order valence-electron chi connectivity index (χ3n) is 2.94. The van der Waals surface area contributed by atoms with Crippen molar-refractivity contribution in [2.45, 2.75) is 6.92 Å². The number of hydrogen-bond acceptors (Lipinski definition) is 4.